The summed E-state index contributed by atoms with van der Waals surface area (Å²) in [6.45, 7) is 4.52. The van der Waals surface area contributed by atoms with Crippen molar-refractivity contribution in [2.45, 2.75) is 63.5 Å². The van der Waals surface area contributed by atoms with Crippen LogP contribution in [0.1, 0.15) is 57.6 Å². The normalized spacial score (nSPS) is 24.7. The zero-order valence-corrected chi connectivity index (χ0v) is 16.3. The first-order valence-corrected chi connectivity index (χ1v) is 9.87. The van der Waals surface area contributed by atoms with Gasteiger partial charge in [-0.05, 0) is 52.0 Å². The predicted octanol–water partition coefficient (Wildman–Crippen LogP) is 3.86. The maximum atomic E-state index is 12.3. The first-order valence-electron chi connectivity index (χ1n) is 9.87. The molecule has 0 spiro atoms. The van der Waals surface area contributed by atoms with Gasteiger partial charge in [-0.2, -0.15) is 5.10 Å². The van der Waals surface area contributed by atoms with Gasteiger partial charge in [-0.15, -0.1) is 0 Å². The molecule has 2 aromatic rings. The first-order chi connectivity index (χ1) is 13.5. The smallest absolute Gasteiger partial charge is 0.407 e. The van der Waals surface area contributed by atoms with Crippen molar-refractivity contribution < 1.29 is 14.3 Å². The molecule has 150 valence electrons. The number of nitrogens with one attached hydrogen (secondary N) is 3. The van der Waals surface area contributed by atoms with Crippen molar-refractivity contribution >= 4 is 17.6 Å². The Bertz CT molecular complexity index is 835. The number of aromatic amines is 1. The number of aromatic nitrogens is 3. The number of pyridine rings is 1. The maximum Gasteiger partial charge on any atom is 0.407 e. The summed E-state index contributed by atoms with van der Waals surface area (Å²) in [6.07, 6.45) is 5.51. The molecule has 1 amide bonds. The van der Waals surface area contributed by atoms with Crippen LogP contribution in [0.25, 0.3) is 0 Å². The van der Waals surface area contributed by atoms with Crippen molar-refractivity contribution in [2.24, 2.45) is 0 Å². The largest absolute Gasteiger partial charge is 0.478 e. The van der Waals surface area contributed by atoms with Gasteiger partial charge in [-0.3, -0.25) is 5.10 Å². The van der Waals surface area contributed by atoms with Crippen LogP contribution in [0.3, 0.4) is 0 Å². The topological polar surface area (TPSA) is 101 Å². The minimum Gasteiger partial charge on any atom is -0.478 e. The fourth-order valence-corrected chi connectivity index (χ4v) is 3.86. The van der Waals surface area contributed by atoms with Crippen LogP contribution in [0.2, 0.25) is 0 Å². The number of hydrogen-bond donors (Lipinski definition) is 3. The maximum absolute atomic E-state index is 12.3. The molecule has 4 rings (SSSR count). The number of anilines is 2. The van der Waals surface area contributed by atoms with Crippen molar-refractivity contribution in [3.05, 3.63) is 30.1 Å². The minimum atomic E-state index is -0.362. The van der Waals surface area contributed by atoms with Crippen LogP contribution in [-0.2, 0) is 4.74 Å². The molecule has 3 N–H and O–H groups in total. The Morgan fingerprint density at radius 2 is 2.14 bits per heavy atom. The highest BCUT2D eigenvalue weighted by atomic mass is 16.6. The summed E-state index contributed by atoms with van der Waals surface area (Å²) in [7, 11) is 0. The van der Waals surface area contributed by atoms with E-state index < -0.39 is 0 Å². The summed E-state index contributed by atoms with van der Waals surface area (Å²) in [5.74, 6) is 1.62. The molecule has 28 heavy (non-hydrogen) atoms. The minimum absolute atomic E-state index is 0.0644. The van der Waals surface area contributed by atoms with E-state index in [0.717, 1.165) is 49.3 Å². The number of fused-ring (bicyclic) bond motifs is 7. The molecule has 2 atom stereocenters. The van der Waals surface area contributed by atoms with Gasteiger partial charge in [0.05, 0.1) is 6.61 Å². The monoisotopic (exact) mass is 385 g/mol. The van der Waals surface area contributed by atoms with E-state index in [2.05, 4.69) is 25.8 Å². The van der Waals surface area contributed by atoms with E-state index in [0.29, 0.717) is 18.4 Å². The van der Waals surface area contributed by atoms with E-state index in [1.165, 1.54) is 0 Å². The molecule has 1 saturated carbocycles. The van der Waals surface area contributed by atoms with Gasteiger partial charge in [0.2, 0.25) is 5.88 Å². The Balaban J connectivity index is 1.54. The van der Waals surface area contributed by atoms with Gasteiger partial charge in [-0.25, -0.2) is 9.78 Å². The fraction of sp³-hybridized carbons (Fsp3) is 0.550. The number of carbonyl (C=O) groups is 1. The van der Waals surface area contributed by atoms with Crippen molar-refractivity contribution in [3.63, 3.8) is 0 Å². The van der Waals surface area contributed by atoms with Gasteiger partial charge in [0.1, 0.15) is 6.10 Å². The lowest BCUT2D eigenvalue weighted by Gasteiger charge is -2.26. The second-order valence-electron chi connectivity index (χ2n) is 8.21. The predicted molar refractivity (Wildman–Crippen MR) is 105 cm³/mol. The zero-order valence-electron chi connectivity index (χ0n) is 16.3. The van der Waals surface area contributed by atoms with Crippen LogP contribution in [0, 0.1) is 0 Å². The number of rotatable bonds is 0. The van der Waals surface area contributed by atoms with E-state index in [-0.39, 0.29) is 17.7 Å². The number of carbonyl (C=O) groups excluding carboxylic acids is 1. The molecule has 0 aromatic carbocycles. The molecule has 2 aromatic heterocycles. The second kappa shape index (κ2) is 7.69. The van der Waals surface area contributed by atoms with Gasteiger partial charge >= 0.3 is 6.09 Å². The lowest BCUT2D eigenvalue weighted by molar-refractivity contribution is 0.0911. The van der Waals surface area contributed by atoms with Gasteiger partial charge in [0.25, 0.3) is 0 Å². The summed E-state index contributed by atoms with van der Waals surface area (Å²) in [5.41, 5.74) is 1.57. The van der Waals surface area contributed by atoms with E-state index in [9.17, 15) is 4.79 Å². The van der Waals surface area contributed by atoms with Gasteiger partial charge in [-0.1, -0.05) is 0 Å². The lowest BCUT2D eigenvalue weighted by Crippen LogP contribution is -2.44. The van der Waals surface area contributed by atoms with E-state index in [1.807, 2.05) is 32.0 Å². The average molecular weight is 385 g/mol. The van der Waals surface area contributed by atoms with Crippen LogP contribution in [-0.4, -0.2) is 39.5 Å². The van der Waals surface area contributed by atoms with Crippen LogP contribution in [0.15, 0.2) is 24.4 Å². The second-order valence-corrected chi connectivity index (χ2v) is 8.21. The first kappa shape index (κ1) is 18.6. The van der Waals surface area contributed by atoms with Crippen molar-refractivity contribution in [3.8, 4) is 5.88 Å². The molecule has 1 aliphatic heterocycles. The summed E-state index contributed by atoms with van der Waals surface area (Å²) >= 11 is 0. The number of amides is 1. The number of nitrogens with zero attached hydrogens (tertiary/aromatic N) is 2. The van der Waals surface area contributed by atoms with Gasteiger partial charge < -0.3 is 20.1 Å². The molecule has 8 nitrogen and oxygen atoms in total. The van der Waals surface area contributed by atoms with Crippen molar-refractivity contribution in [2.75, 3.05) is 11.9 Å². The molecule has 3 heterocycles. The Morgan fingerprint density at radius 3 is 3.04 bits per heavy atom. The lowest BCUT2D eigenvalue weighted by atomic mass is 9.99. The summed E-state index contributed by atoms with van der Waals surface area (Å²) in [6, 6.07) is 5.77. The highest BCUT2D eigenvalue weighted by Gasteiger charge is 2.31. The molecular weight excluding hydrogens is 358 g/mol. The Morgan fingerprint density at radius 1 is 1.25 bits per heavy atom. The molecule has 1 fully saturated rings. The Hall–Kier alpha value is -2.77. The van der Waals surface area contributed by atoms with E-state index in [1.54, 1.807) is 6.20 Å². The van der Waals surface area contributed by atoms with Crippen LogP contribution < -0.4 is 15.4 Å². The number of alkyl carbamates (subject to hydrolysis) is 1. The summed E-state index contributed by atoms with van der Waals surface area (Å²) in [4.78, 5) is 16.6. The van der Waals surface area contributed by atoms with Crippen LogP contribution in [0.5, 0.6) is 5.88 Å². The number of H-pyrrole nitrogens is 1. The zero-order chi connectivity index (χ0) is 19.6. The van der Waals surface area contributed by atoms with E-state index in [4.69, 9.17) is 9.47 Å². The van der Waals surface area contributed by atoms with E-state index >= 15 is 0 Å². The fourth-order valence-electron chi connectivity index (χ4n) is 3.86. The third-order valence-corrected chi connectivity index (χ3v) is 5.34. The third-order valence-electron chi connectivity index (χ3n) is 5.34. The van der Waals surface area contributed by atoms with Crippen LogP contribution in [0.4, 0.5) is 16.3 Å². The highest BCUT2D eigenvalue weighted by molar-refractivity contribution is 5.68. The molecule has 6 bridgehead atoms. The molecule has 1 aliphatic carbocycles. The Kier molecular flexibility index (Phi) is 5.11. The molecule has 0 unspecified atom stereocenters. The standard InChI is InChI=1S/C20H27N5O3/c1-20(2)7-3-9-27-18-11-14(6-8-21-18)22-17-12-16(24-25-17)13-4-5-15(10-13)28-19(26)23-20/h6,8,11-13,15H,3-5,7,9-10H2,1-2H3,(H,23,26)(H2,22,24,25)/t13-,15+/m0/s1. The summed E-state index contributed by atoms with van der Waals surface area (Å²) < 4.78 is 11.4. The molecular formula is C20H27N5O3. The molecule has 8 heteroatoms. The molecule has 0 radical (unpaired) electrons. The SMILES string of the molecule is CC1(C)CCCOc2cc(ccn2)Nc2cc([nH]n2)[C@H]2CC[C@H](C2)OC(=O)N1. The number of ether oxygens (including phenoxy) is 2. The van der Waals surface area contributed by atoms with Gasteiger partial charge in [0.15, 0.2) is 5.82 Å². The molecule has 2 aliphatic rings. The molecule has 0 saturated heterocycles. The quantitative estimate of drug-likeness (QED) is 0.636. The Labute approximate surface area is 164 Å². The number of hydrogen-bond acceptors (Lipinski definition) is 6. The van der Waals surface area contributed by atoms with Crippen molar-refractivity contribution in [1.29, 1.82) is 0 Å². The third kappa shape index (κ3) is 4.55. The highest BCUT2D eigenvalue weighted by Crippen LogP contribution is 2.36. The summed E-state index contributed by atoms with van der Waals surface area (Å²) in [5, 5.41) is 13.8. The van der Waals surface area contributed by atoms with Crippen molar-refractivity contribution in [1.82, 2.24) is 20.5 Å². The average Bonchev–Trinajstić information content (AvgIpc) is 3.27. The van der Waals surface area contributed by atoms with Crippen LogP contribution >= 0.6 is 0 Å². The van der Waals surface area contributed by atoms with Gasteiger partial charge in [0, 0.05) is 41.2 Å².